The predicted octanol–water partition coefficient (Wildman–Crippen LogP) is 2.60. The van der Waals surface area contributed by atoms with E-state index in [2.05, 4.69) is 46.5 Å². The molecule has 1 aromatic carbocycles. The van der Waals surface area contributed by atoms with Crippen LogP contribution in [-0.2, 0) is 0 Å². The number of benzene rings is 1. The van der Waals surface area contributed by atoms with Gasteiger partial charge in [-0.1, -0.05) is 18.2 Å². The highest BCUT2D eigenvalue weighted by Gasteiger charge is 2.00. The summed E-state index contributed by atoms with van der Waals surface area (Å²) in [6.45, 7) is 1.88. The van der Waals surface area contributed by atoms with Crippen molar-refractivity contribution in [3.63, 3.8) is 0 Å². The summed E-state index contributed by atoms with van der Waals surface area (Å²) < 4.78 is 0. The van der Waals surface area contributed by atoms with Gasteiger partial charge >= 0.3 is 0 Å². The number of aromatic nitrogens is 1. The quantitative estimate of drug-likeness (QED) is 0.780. The average molecular weight is 256 g/mol. The van der Waals surface area contributed by atoms with Crippen LogP contribution in [0, 0.1) is 0 Å². The molecule has 4 nitrogen and oxygen atoms in total. The van der Waals surface area contributed by atoms with Gasteiger partial charge in [0.15, 0.2) is 0 Å². The monoisotopic (exact) mass is 256 g/mol. The molecule has 0 spiro atoms. The van der Waals surface area contributed by atoms with E-state index in [1.54, 1.807) is 6.20 Å². The van der Waals surface area contributed by atoms with Crippen molar-refractivity contribution in [3.8, 4) is 0 Å². The first-order chi connectivity index (χ1) is 9.27. The van der Waals surface area contributed by atoms with E-state index in [4.69, 9.17) is 5.73 Å². The molecular formula is C15H20N4. The first-order valence-electron chi connectivity index (χ1n) is 6.48. The molecule has 1 aromatic heterocycles. The summed E-state index contributed by atoms with van der Waals surface area (Å²) in [5.41, 5.74) is 7.92. The molecule has 0 aliphatic carbocycles. The van der Waals surface area contributed by atoms with Crippen LogP contribution in [0.25, 0.3) is 0 Å². The van der Waals surface area contributed by atoms with E-state index in [9.17, 15) is 0 Å². The highest BCUT2D eigenvalue weighted by Crippen LogP contribution is 2.14. The van der Waals surface area contributed by atoms with E-state index in [1.807, 2.05) is 18.2 Å². The Balaban J connectivity index is 1.74. The molecule has 19 heavy (non-hydrogen) atoms. The van der Waals surface area contributed by atoms with Crippen molar-refractivity contribution >= 4 is 17.2 Å². The fourth-order valence-electron chi connectivity index (χ4n) is 1.92. The lowest BCUT2D eigenvalue weighted by atomic mass is 10.3. The third-order valence-electron chi connectivity index (χ3n) is 3.02. The van der Waals surface area contributed by atoms with E-state index in [-0.39, 0.29) is 0 Å². The van der Waals surface area contributed by atoms with Crippen molar-refractivity contribution in [2.75, 3.05) is 36.1 Å². The molecule has 0 bridgehead atoms. The number of nitrogens with one attached hydrogen (secondary N) is 1. The van der Waals surface area contributed by atoms with Gasteiger partial charge in [0.25, 0.3) is 0 Å². The van der Waals surface area contributed by atoms with Crippen LogP contribution < -0.4 is 16.0 Å². The molecule has 0 amide bonds. The van der Waals surface area contributed by atoms with Gasteiger partial charge in [0.2, 0.25) is 0 Å². The Morgan fingerprint density at radius 1 is 1.16 bits per heavy atom. The molecular weight excluding hydrogens is 236 g/mol. The van der Waals surface area contributed by atoms with E-state index < -0.39 is 0 Å². The summed E-state index contributed by atoms with van der Waals surface area (Å²) in [7, 11) is 2.10. The molecule has 0 unspecified atom stereocenters. The highest BCUT2D eigenvalue weighted by atomic mass is 15.1. The van der Waals surface area contributed by atoms with Gasteiger partial charge in [-0.3, -0.25) is 0 Å². The zero-order valence-electron chi connectivity index (χ0n) is 11.2. The van der Waals surface area contributed by atoms with Gasteiger partial charge in [0.1, 0.15) is 5.82 Å². The van der Waals surface area contributed by atoms with Crippen molar-refractivity contribution in [1.82, 2.24) is 4.98 Å². The molecule has 0 radical (unpaired) electrons. The van der Waals surface area contributed by atoms with Crippen LogP contribution in [0.1, 0.15) is 6.42 Å². The number of nitrogen functional groups attached to an aromatic ring is 1. The number of anilines is 3. The Kier molecular flexibility index (Phi) is 4.61. The largest absolute Gasteiger partial charge is 0.382 e. The van der Waals surface area contributed by atoms with Crippen LogP contribution in [0.2, 0.25) is 0 Å². The third-order valence-corrected chi connectivity index (χ3v) is 3.02. The lowest BCUT2D eigenvalue weighted by Gasteiger charge is -2.19. The maximum atomic E-state index is 5.77. The molecule has 0 aliphatic heterocycles. The Morgan fingerprint density at radius 3 is 2.68 bits per heavy atom. The summed E-state index contributed by atoms with van der Waals surface area (Å²) in [5, 5.41) is 3.31. The van der Waals surface area contributed by atoms with Crippen LogP contribution in [0.15, 0.2) is 48.7 Å². The number of para-hydroxylation sites is 1. The maximum Gasteiger partial charge on any atom is 0.146 e. The zero-order valence-corrected chi connectivity index (χ0v) is 11.2. The lowest BCUT2D eigenvalue weighted by molar-refractivity contribution is 0.816. The molecule has 100 valence electrons. The molecule has 0 atom stereocenters. The molecule has 0 saturated heterocycles. The first-order valence-corrected chi connectivity index (χ1v) is 6.48. The second kappa shape index (κ2) is 6.64. The smallest absolute Gasteiger partial charge is 0.146 e. The van der Waals surface area contributed by atoms with Gasteiger partial charge in [-0.25, -0.2) is 4.98 Å². The van der Waals surface area contributed by atoms with E-state index in [0.717, 1.165) is 25.2 Å². The van der Waals surface area contributed by atoms with Crippen LogP contribution >= 0.6 is 0 Å². The highest BCUT2D eigenvalue weighted by molar-refractivity contribution is 5.60. The van der Waals surface area contributed by atoms with Crippen LogP contribution in [0.4, 0.5) is 17.2 Å². The SMILES string of the molecule is CN(CCCNc1cccnc1N)c1ccccc1. The Hall–Kier alpha value is -2.23. The first kappa shape index (κ1) is 13.2. The van der Waals surface area contributed by atoms with Crippen LogP contribution in [0.5, 0.6) is 0 Å². The van der Waals surface area contributed by atoms with E-state index in [1.165, 1.54) is 5.69 Å². The van der Waals surface area contributed by atoms with Gasteiger partial charge in [0.05, 0.1) is 5.69 Å². The summed E-state index contributed by atoms with van der Waals surface area (Å²) in [4.78, 5) is 6.29. The number of hydrogen-bond donors (Lipinski definition) is 2. The van der Waals surface area contributed by atoms with Crippen LogP contribution in [-0.4, -0.2) is 25.1 Å². The number of rotatable bonds is 6. The van der Waals surface area contributed by atoms with Crippen molar-refractivity contribution in [2.45, 2.75) is 6.42 Å². The second-order valence-corrected chi connectivity index (χ2v) is 4.47. The maximum absolute atomic E-state index is 5.77. The number of nitrogens with zero attached hydrogens (tertiary/aromatic N) is 2. The molecule has 2 aromatic rings. The minimum Gasteiger partial charge on any atom is -0.382 e. The fourth-order valence-corrected chi connectivity index (χ4v) is 1.92. The predicted molar refractivity (Wildman–Crippen MR) is 81.5 cm³/mol. The molecule has 0 fully saturated rings. The topological polar surface area (TPSA) is 54.2 Å². The lowest BCUT2D eigenvalue weighted by Crippen LogP contribution is -2.20. The molecule has 2 rings (SSSR count). The number of pyridine rings is 1. The standard InChI is InChI=1S/C15H20N4/c1-19(13-7-3-2-4-8-13)12-6-11-17-14-9-5-10-18-15(14)16/h2-5,7-10,17H,6,11-12H2,1H3,(H2,16,18). The third kappa shape index (κ3) is 3.88. The minimum absolute atomic E-state index is 0.555. The van der Waals surface area contributed by atoms with E-state index in [0.29, 0.717) is 5.82 Å². The minimum atomic E-state index is 0.555. The van der Waals surface area contributed by atoms with Gasteiger partial charge in [0, 0.05) is 32.0 Å². The van der Waals surface area contributed by atoms with Crippen molar-refractivity contribution in [2.24, 2.45) is 0 Å². The fraction of sp³-hybridized carbons (Fsp3) is 0.267. The Labute approximate surface area is 114 Å². The van der Waals surface area contributed by atoms with Crippen molar-refractivity contribution in [3.05, 3.63) is 48.7 Å². The van der Waals surface area contributed by atoms with Gasteiger partial charge in [-0.15, -0.1) is 0 Å². The summed E-state index contributed by atoms with van der Waals surface area (Å²) in [6.07, 6.45) is 2.74. The second-order valence-electron chi connectivity index (χ2n) is 4.47. The van der Waals surface area contributed by atoms with Gasteiger partial charge in [-0.2, -0.15) is 0 Å². The molecule has 0 saturated carbocycles. The van der Waals surface area contributed by atoms with E-state index >= 15 is 0 Å². The average Bonchev–Trinajstić information content (AvgIpc) is 2.46. The molecule has 0 aliphatic rings. The number of hydrogen-bond acceptors (Lipinski definition) is 4. The van der Waals surface area contributed by atoms with Crippen molar-refractivity contribution < 1.29 is 0 Å². The Morgan fingerprint density at radius 2 is 1.95 bits per heavy atom. The number of nitrogens with two attached hydrogens (primary N) is 1. The van der Waals surface area contributed by atoms with Gasteiger partial charge < -0.3 is 16.0 Å². The zero-order chi connectivity index (χ0) is 13.5. The summed E-state index contributed by atoms with van der Waals surface area (Å²) >= 11 is 0. The molecule has 3 N–H and O–H groups in total. The molecule has 4 heteroatoms. The summed E-state index contributed by atoms with van der Waals surface area (Å²) in [6, 6.07) is 14.2. The molecule has 1 heterocycles. The Bertz CT molecular complexity index is 499. The normalized spacial score (nSPS) is 10.2. The van der Waals surface area contributed by atoms with Gasteiger partial charge in [-0.05, 0) is 30.7 Å². The summed E-state index contributed by atoms with van der Waals surface area (Å²) in [5.74, 6) is 0.555. The van der Waals surface area contributed by atoms with Crippen LogP contribution in [0.3, 0.4) is 0 Å². The van der Waals surface area contributed by atoms with Crippen molar-refractivity contribution in [1.29, 1.82) is 0 Å².